The topological polar surface area (TPSA) is 89.6 Å². The minimum atomic E-state index is -0.333. The lowest BCUT2D eigenvalue weighted by molar-refractivity contribution is 0.0483. The number of hydrogen-bond acceptors (Lipinski definition) is 7. The molecular weight excluding hydrogens is 474 g/mol. The summed E-state index contributed by atoms with van der Waals surface area (Å²) in [6.07, 6.45) is 0.399. The zero-order chi connectivity index (χ0) is 26.8. The van der Waals surface area contributed by atoms with Gasteiger partial charge < -0.3 is 29.2 Å². The molecule has 9 nitrogen and oxygen atoms in total. The average Bonchev–Trinajstić information content (AvgIpc) is 2.93. The summed E-state index contributed by atoms with van der Waals surface area (Å²) in [5.41, 5.74) is 1.63. The molecule has 1 fully saturated rings. The van der Waals surface area contributed by atoms with Crippen molar-refractivity contribution in [3.05, 3.63) is 53.6 Å². The first kappa shape index (κ1) is 28.1. The van der Waals surface area contributed by atoms with E-state index in [0.29, 0.717) is 42.4 Å². The molecule has 2 unspecified atom stereocenters. The van der Waals surface area contributed by atoms with E-state index in [4.69, 9.17) is 18.9 Å². The van der Waals surface area contributed by atoms with Crippen molar-refractivity contribution in [3.63, 3.8) is 0 Å². The smallest absolute Gasteiger partial charge is 0.409 e. The Morgan fingerprint density at radius 3 is 2.22 bits per heavy atom. The van der Waals surface area contributed by atoms with Gasteiger partial charge in [-0.3, -0.25) is 9.69 Å². The van der Waals surface area contributed by atoms with E-state index in [9.17, 15) is 9.59 Å². The fourth-order valence-electron chi connectivity index (χ4n) is 4.67. The van der Waals surface area contributed by atoms with Crippen LogP contribution in [0.4, 0.5) is 4.79 Å². The van der Waals surface area contributed by atoms with Crippen molar-refractivity contribution >= 4 is 12.0 Å². The number of ether oxygens (including phenoxy) is 4. The molecule has 0 aliphatic carbocycles. The van der Waals surface area contributed by atoms with Crippen LogP contribution in [-0.4, -0.2) is 82.0 Å². The number of carbonyl (C=O) groups excluding carboxylic acids is 2. The van der Waals surface area contributed by atoms with E-state index >= 15 is 0 Å². The van der Waals surface area contributed by atoms with Crippen molar-refractivity contribution in [2.75, 3.05) is 54.1 Å². The van der Waals surface area contributed by atoms with Gasteiger partial charge in [0.15, 0.2) is 11.5 Å². The van der Waals surface area contributed by atoms with Crippen LogP contribution < -0.4 is 19.5 Å². The number of piperidine rings is 1. The zero-order valence-corrected chi connectivity index (χ0v) is 22.5. The molecule has 202 valence electrons. The molecule has 9 heteroatoms. The van der Waals surface area contributed by atoms with E-state index in [1.807, 2.05) is 32.0 Å². The van der Waals surface area contributed by atoms with Crippen molar-refractivity contribution in [1.29, 1.82) is 0 Å². The Morgan fingerprint density at radius 2 is 1.65 bits per heavy atom. The highest BCUT2D eigenvalue weighted by Gasteiger charge is 2.32. The molecule has 0 bridgehead atoms. The first-order chi connectivity index (χ1) is 17.9. The van der Waals surface area contributed by atoms with E-state index < -0.39 is 0 Å². The van der Waals surface area contributed by atoms with Gasteiger partial charge in [-0.1, -0.05) is 30.3 Å². The largest absolute Gasteiger partial charge is 0.493 e. The molecular formula is C28H39N3O6. The van der Waals surface area contributed by atoms with Gasteiger partial charge in [0.2, 0.25) is 5.75 Å². The Kier molecular flexibility index (Phi) is 10.4. The lowest BCUT2D eigenvalue weighted by atomic mass is 9.92. The molecule has 1 saturated heterocycles. The SMILES string of the molecule is CCN(CC)C(=O)OCC1CN(Cc2ccccc2)CCC1NC(=O)c1cc(OC)c(OC)c(OC)c1. The van der Waals surface area contributed by atoms with E-state index in [1.165, 1.54) is 26.9 Å². The summed E-state index contributed by atoms with van der Waals surface area (Å²) in [4.78, 5) is 29.8. The summed E-state index contributed by atoms with van der Waals surface area (Å²) in [5, 5.41) is 3.17. The molecule has 2 aromatic rings. The van der Waals surface area contributed by atoms with Gasteiger partial charge in [-0.25, -0.2) is 4.79 Å². The first-order valence-electron chi connectivity index (χ1n) is 12.7. The lowest BCUT2D eigenvalue weighted by Crippen LogP contribution is -2.52. The number of rotatable bonds is 11. The van der Waals surface area contributed by atoms with Crippen LogP contribution in [0.15, 0.2) is 42.5 Å². The minimum absolute atomic E-state index is 0.0667. The highest BCUT2D eigenvalue weighted by atomic mass is 16.6. The molecule has 0 spiro atoms. The van der Waals surface area contributed by atoms with E-state index in [1.54, 1.807) is 17.0 Å². The number of amides is 2. The van der Waals surface area contributed by atoms with Crippen molar-refractivity contribution in [1.82, 2.24) is 15.1 Å². The maximum absolute atomic E-state index is 13.3. The summed E-state index contributed by atoms with van der Waals surface area (Å²) >= 11 is 0. The number of benzene rings is 2. The van der Waals surface area contributed by atoms with E-state index in [-0.39, 0.29) is 30.6 Å². The molecule has 2 aromatic carbocycles. The van der Waals surface area contributed by atoms with Crippen LogP contribution in [0, 0.1) is 5.92 Å². The number of likely N-dealkylation sites (tertiary alicyclic amines) is 1. The number of nitrogens with zero attached hydrogens (tertiary/aromatic N) is 2. The van der Waals surface area contributed by atoms with Crippen molar-refractivity contribution in [2.24, 2.45) is 5.92 Å². The highest BCUT2D eigenvalue weighted by molar-refractivity contribution is 5.95. The Hall–Kier alpha value is -3.46. The Labute approximate surface area is 219 Å². The van der Waals surface area contributed by atoms with E-state index in [2.05, 4.69) is 22.3 Å². The van der Waals surface area contributed by atoms with Crippen LogP contribution in [0.25, 0.3) is 0 Å². The molecule has 2 amide bonds. The van der Waals surface area contributed by atoms with Gasteiger partial charge in [-0.15, -0.1) is 0 Å². The number of hydrogen-bond donors (Lipinski definition) is 1. The second kappa shape index (κ2) is 13.7. The fourth-order valence-corrected chi connectivity index (χ4v) is 4.67. The normalized spacial score (nSPS) is 17.5. The van der Waals surface area contributed by atoms with Gasteiger partial charge in [0.1, 0.15) is 0 Å². The van der Waals surface area contributed by atoms with Gasteiger partial charge in [0, 0.05) is 50.2 Å². The predicted octanol–water partition coefficient (Wildman–Crippen LogP) is 3.81. The minimum Gasteiger partial charge on any atom is -0.493 e. The van der Waals surface area contributed by atoms with Gasteiger partial charge in [-0.2, -0.15) is 0 Å². The maximum Gasteiger partial charge on any atom is 0.409 e. The standard InChI is InChI=1S/C28H39N3O6/c1-6-31(7-2)28(33)37-19-22-18-30(17-20-11-9-8-10-12-20)14-13-23(22)29-27(32)21-15-24(34-3)26(36-5)25(16-21)35-4/h8-12,15-16,22-23H,6-7,13-14,17-19H2,1-5H3,(H,29,32). The summed E-state index contributed by atoms with van der Waals surface area (Å²) < 4.78 is 21.9. The monoisotopic (exact) mass is 513 g/mol. The maximum atomic E-state index is 13.3. The Bertz CT molecular complexity index is 1000. The molecule has 0 saturated carbocycles. The average molecular weight is 514 g/mol. The van der Waals surface area contributed by atoms with Crippen molar-refractivity contribution < 1.29 is 28.5 Å². The molecule has 1 aliphatic heterocycles. The molecule has 37 heavy (non-hydrogen) atoms. The third-order valence-electron chi connectivity index (χ3n) is 6.75. The second-order valence-electron chi connectivity index (χ2n) is 9.01. The number of methoxy groups -OCH3 is 3. The third kappa shape index (κ3) is 7.29. The lowest BCUT2D eigenvalue weighted by Gasteiger charge is -2.39. The summed E-state index contributed by atoms with van der Waals surface area (Å²) in [6.45, 7) is 7.55. The van der Waals surface area contributed by atoms with Gasteiger partial charge in [-0.05, 0) is 38.0 Å². The summed E-state index contributed by atoms with van der Waals surface area (Å²) in [6, 6.07) is 13.4. The van der Waals surface area contributed by atoms with Gasteiger partial charge in [0.05, 0.1) is 27.9 Å². The van der Waals surface area contributed by atoms with Crippen LogP contribution in [0.3, 0.4) is 0 Å². The molecule has 0 radical (unpaired) electrons. The first-order valence-corrected chi connectivity index (χ1v) is 12.7. The molecule has 1 heterocycles. The summed E-state index contributed by atoms with van der Waals surface area (Å²) in [7, 11) is 4.55. The van der Waals surface area contributed by atoms with Gasteiger partial charge >= 0.3 is 6.09 Å². The second-order valence-corrected chi connectivity index (χ2v) is 9.01. The molecule has 1 aliphatic rings. The predicted molar refractivity (Wildman–Crippen MR) is 141 cm³/mol. The third-order valence-corrected chi connectivity index (χ3v) is 6.75. The highest BCUT2D eigenvalue weighted by Crippen LogP contribution is 2.38. The van der Waals surface area contributed by atoms with Crippen LogP contribution in [0.5, 0.6) is 17.2 Å². The molecule has 3 rings (SSSR count). The van der Waals surface area contributed by atoms with Crippen molar-refractivity contribution in [3.8, 4) is 17.2 Å². The Balaban J connectivity index is 1.76. The molecule has 2 atom stereocenters. The van der Waals surface area contributed by atoms with Crippen LogP contribution in [-0.2, 0) is 11.3 Å². The van der Waals surface area contributed by atoms with Crippen molar-refractivity contribution in [2.45, 2.75) is 32.9 Å². The van der Waals surface area contributed by atoms with Crippen LogP contribution in [0.2, 0.25) is 0 Å². The summed E-state index contributed by atoms with van der Waals surface area (Å²) in [5.74, 6) is 0.935. The fraction of sp³-hybridized carbons (Fsp3) is 0.500. The Morgan fingerprint density at radius 1 is 1.00 bits per heavy atom. The number of carbonyl (C=O) groups is 2. The van der Waals surface area contributed by atoms with Gasteiger partial charge in [0.25, 0.3) is 5.91 Å². The molecule has 1 N–H and O–H groups in total. The quantitative estimate of drug-likeness (QED) is 0.489. The van der Waals surface area contributed by atoms with Crippen LogP contribution in [0.1, 0.15) is 36.2 Å². The molecule has 0 aromatic heterocycles. The van der Waals surface area contributed by atoms with Crippen LogP contribution >= 0.6 is 0 Å². The zero-order valence-electron chi connectivity index (χ0n) is 22.5. The van der Waals surface area contributed by atoms with E-state index in [0.717, 1.165) is 19.5 Å². The number of nitrogens with one attached hydrogen (secondary N) is 1.